The Balaban J connectivity index is 0.00000304. The van der Waals surface area contributed by atoms with E-state index >= 15 is 0 Å². The van der Waals surface area contributed by atoms with E-state index in [1.807, 2.05) is 30.3 Å². The van der Waals surface area contributed by atoms with Crippen molar-refractivity contribution in [3.05, 3.63) is 101 Å². The molecule has 1 saturated heterocycles. The zero-order valence-corrected chi connectivity index (χ0v) is 21.5. The van der Waals surface area contributed by atoms with Gasteiger partial charge in [0.05, 0.1) is 6.61 Å². The first kappa shape index (κ1) is 26.6. The molecule has 0 saturated carbocycles. The van der Waals surface area contributed by atoms with Crippen LogP contribution in [0.5, 0.6) is 5.75 Å². The highest BCUT2D eigenvalue weighted by molar-refractivity contribution is 5.85. The molecule has 2 aliphatic heterocycles. The molecule has 1 fully saturated rings. The Labute approximate surface area is 218 Å². The van der Waals surface area contributed by atoms with Gasteiger partial charge in [-0.05, 0) is 80.6 Å². The highest BCUT2D eigenvalue weighted by Crippen LogP contribution is 2.38. The minimum absolute atomic E-state index is 0. The van der Waals surface area contributed by atoms with Gasteiger partial charge in [0, 0.05) is 24.6 Å². The number of ether oxygens (including phenoxy) is 2. The highest BCUT2D eigenvalue weighted by atomic mass is 35.5. The van der Waals surface area contributed by atoms with Crippen molar-refractivity contribution in [1.82, 2.24) is 4.90 Å². The first-order valence-corrected chi connectivity index (χ1v) is 12.6. The molecule has 3 aromatic carbocycles. The molecule has 36 heavy (non-hydrogen) atoms. The van der Waals surface area contributed by atoms with Crippen molar-refractivity contribution in [2.45, 2.75) is 56.8 Å². The fraction of sp³-hybridized carbons (Fsp3) is 0.400. The third kappa shape index (κ3) is 5.91. The van der Waals surface area contributed by atoms with Gasteiger partial charge in [0.2, 0.25) is 0 Å². The van der Waals surface area contributed by atoms with Gasteiger partial charge in [-0.15, -0.1) is 12.4 Å². The number of para-hydroxylation sites is 1. The van der Waals surface area contributed by atoms with Crippen LogP contribution in [0.25, 0.3) is 0 Å². The van der Waals surface area contributed by atoms with Gasteiger partial charge >= 0.3 is 0 Å². The maximum atomic E-state index is 14.0. The minimum atomic E-state index is -0.263. The summed E-state index contributed by atoms with van der Waals surface area (Å²) in [6, 6.07) is 21.5. The van der Waals surface area contributed by atoms with Crippen LogP contribution in [0.2, 0.25) is 0 Å². The molecule has 0 N–H and O–H groups in total. The van der Waals surface area contributed by atoms with E-state index < -0.39 is 0 Å². The van der Waals surface area contributed by atoms with Crippen molar-refractivity contribution >= 4 is 12.4 Å². The average molecular weight is 514 g/mol. The van der Waals surface area contributed by atoms with E-state index in [4.69, 9.17) is 9.47 Å². The van der Waals surface area contributed by atoms with Gasteiger partial charge in [0.15, 0.2) is 0 Å². The number of piperidine rings is 1. The predicted molar refractivity (Wildman–Crippen MR) is 141 cm³/mol. The van der Waals surface area contributed by atoms with E-state index in [0.717, 1.165) is 67.8 Å². The Kier molecular flexibility index (Phi) is 8.66. The first-order valence-electron chi connectivity index (χ1n) is 12.6. The molecule has 0 bridgehead atoms. The molecule has 0 aliphatic carbocycles. The molecule has 0 radical (unpaired) electrons. The van der Waals surface area contributed by atoms with Gasteiger partial charge in [-0.2, -0.15) is 0 Å². The maximum Gasteiger partial charge on any atom is 0.125 e. The van der Waals surface area contributed by atoms with Crippen LogP contribution in [-0.4, -0.2) is 36.2 Å². The third-order valence-corrected chi connectivity index (χ3v) is 7.70. The second-order valence-electron chi connectivity index (χ2n) is 9.87. The number of hydrogen-bond donors (Lipinski definition) is 0. The molecule has 3 nitrogen and oxygen atoms in total. The lowest BCUT2D eigenvalue weighted by Gasteiger charge is -2.43. The van der Waals surface area contributed by atoms with Gasteiger partial charge in [-0.3, -0.25) is 0 Å². The fourth-order valence-electron chi connectivity index (χ4n) is 5.57. The van der Waals surface area contributed by atoms with E-state index in [2.05, 4.69) is 17.9 Å². The number of rotatable bonds is 6. The molecule has 1 unspecified atom stereocenters. The molecule has 5 rings (SSSR count). The van der Waals surface area contributed by atoms with Crippen LogP contribution in [0.15, 0.2) is 72.8 Å². The van der Waals surface area contributed by atoms with Crippen LogP contribution >= 0.6 is 12.4 Å². The summed E-state index contributed by atoms with van der Waals surface area (Å²) in [6.07, 6.45) is 3.64. The molecule has 0 amide bonds. The summed E-state index contributed by atoms with van der Waals surface area (Å²) in [6.45, 7) is 5.57. The van der Waals surface area contributed by atoms with E-state index in [9.17, 15) is 8.78 Å². The zero-order chi connectivity index (χ0) is 24.3. The molecule has 3 aromatic rings. The monoisotopic (exact) mass is 513 g/mol. The SMILES string of the molecule is CC1Oc2ccccc2COC12CCN(CCCC(c1cccc(F)c1)c1cccc(F)c1)CC2.Cl. The quantitative estimate of drug-likeness (QED) is 0.350. The van der Waals surface area contributed by atoms with Crippen LogP contribution in [-0.2, 0) is 11.3 Å². The Hall–Kier alpha value is -2.47. The average Bonchev–Trinajstić information content (AvgIpc) is 2.99. The van der Waals surface area contributed by atoms with E-state index in [-0.39, 0.29) is 41.7 Å². The number of hydrogen-bond acceptors (Lipinski definition) is 3. The minimum Gasteiger partial charge on any atom is -0.487 e. The standard InChI is InChI=1S/C30H33F2NO2.ClH/c1-22-30(34-21-25-7-2-3-13-29(25)35-22)14-17-33(18-15-30)16-6-12-28(23-8-4-10-26(31)19-23)24-9-5-11-27(32)20-24;/h2-5,7-11,13,19-20,22,28H,6,12,14-18,21H2,1H3;1H. The molecule has 1 spiro atoms. The van der Waals surface area contributed by atoms with Crippen LogP contribution in [0.3, 0.4) is 0 Å². The predicted octanol–water partition coefficient (Wildman–Crippen LogP) is 7.13. The Morgan fingerprint density at radius 1 is 0.917 bits per heavy atom. The Bertz CT molecular complexity index is 1100. The lowest BCUT2D eigenvalue weighted by atomic mass is 9.85. The molecule has 6 heteroatoms. The van der Waals surface area contributed by atoms with Crippen LogP contribution in [0.1, 0.15) is 55.2 Å². The van der Waals surface area contributed by atoms with Gasteiger partial charge in [0.25, 0.3) is 0 Å². The number of fused-ring (bicyclic) bond motifs is 1. The van der Waals surface area contributed by atoms with Crippen molar-refractivity contribution in [2.24, 2.45) is 0 Å². The molecular formula is C30H34ClF2NO2. The van der Waals surface area contributed by atoms with Crippen molar-refractivity contribution in [1.29, 1.82) is 0 Å². The summed E-state index contributed by atoms with van der Waals surface area (Å²) in [4.78, 5) is 2.48. The van der Waals surface area contributed by atoms with E-state index in [0.29, 0.717) is 6.61 Å². The largest absolute Gasteiger partial charge is 0.487 e. The third-order valence-electron chi connectivity index (χ3n) is 7.70. The molecule has 2 heterocycles. The van der Waals surface area contributed by atoms with Crippen molar-refractivity contribution < 1.29 is 18.3 Å². The van der Waals surface area contributed by atoms with Gasteiger partial charge in [-0.25, -0.2) is 8.78 Å². The Morgan fingerprint density at radius 2 is 1.56 bits per heavy atom. The lowest BCUT2D eigenvalue weighted by molar-refractivity contribution is -0.136. The first-order chi connectivity index (χ1) is 17.0. The maximum absolute atomic E-state index is 14.0. The summed E-state index contributed by atoms with van der Waals surface area (Å²) < 4.78 is 40.7. The number of likely N-dealkylation sites (tertiary alicyclic amines) is 1. The number of nitrogens with zero attached hydrogens (tertiary/aromatic N) is 1. The van der Waals surface area contributed by atoms with Gasteiger partial charge in [-0.1, -0.05) is 42.5 Å². The van der Waals surface area contributed by atoms with Crippen LogP contribution in [0.4, 0.5) is 8.78 Å². The number of halogens is 3. The van der Waals surface area contributed by atoms with E-state index in [1.165, 1.54) is 12.1 Å². The van der Waals surface area contributed by atoms with E-state index in [1.54, 1.807) is 24.3 Å². The molecule has 1 atom stereocenters. The smallest absolute Gasteiger partial charge is 0.125 e. The summed E-state index contributed by atoms with van der Waals surface area (Å²) in [5.74, 6) is 0.383. The topological polar surface area (TPSA) is 21.7 Å². The molecule has 0 aromatic heterocycles. The van der Waals surface area contributed by atoms with Gasteiger partial charge in [0.1, 0.15) is 29.1 Å². The zero-order valence-electron chi connectivity index (χ0n) is 20.7. The second-order valence-corrected chi connectivity index (χ2v) is 9.87. The van der Waals surface area contributed by atoms with Crippen molar-refractivity contribution in [3.63, 3.8) is 0 Å². The van der Waals surface area contributed by atoms with Crippen LogP contribution < -0.4 is 4.74 Å². The summed E-state index contributed by atoms with van der Waals surface area (Å²) >= 11 is 0. The van der Waals surface area contributed by atoms with Gasteiger partial charge < -0.3 is 14.4 Å². The molecule has 2 aliphatic rings. The lowest BCUT2D eigenvalue weighted by Crippen LogP contribution is -2.53. The second kappa shape index (κ2) is 11.7. The molecular weight excluding hydrogens is 480 g/mol. The highest BCUT2D eigenvalue weighted by Gasteiger charge is 2.43. The fourth-order valence-corrected chi connectivity index (χ4v) is 5.57. The summed E-state index contributed by atoms with van der Waals surface area (Å²) in [5.41, 5.74) is 2.64. The summed E-state index contributed by atoms with van der Waals surface area (Å²) in [7, 11) is 0. The van der Waals surface area contributed by atoms with Crippen molar-refractivity contribution in [3.8, 4) is 5.75 Å². The number of benzene rings is 3. The van der Waals surface area contributed by atoms with Crippen LogP contribution in [0, 0.1) is 11.6 Å². The molecule has 192 valence electrons. The summed E-state index contributed by atoms with van der Waals surface area (Å²) in [5, 5.41) is 0. The normalized spacial score (nSPS) is 19.3. The Morgan fingerprint density at radius 3 is 2.19 bits per heavy atom. The van der Waals surface area contributed by atoms with Crippen molar-refractivity contribution in [2.75, 3.05) is 19.6 Å².